The van der Waals surface area contributed by atoms with Gasteiger partial charge in [0, 0.05) is 37.3 Å². The first-order valence-corrected chi connectivity index (χ1v) is 14.5. The lowest BCUT2D eigenvalue weighted by Gasteiger charge is -2.58. The van der Waals surface area contributed by atoms with Crippen LogP contribution in [0.1, 0.15) is 53.3 Å². The molecule has 1 aromatic carbocycles. The van der Waals surface area contributed by atoms with Crippen molar-refractivity contribution in [2.45, 2.75) is 50.5 Å². The van der Waals surface area contributed by atoms with Crippen molar-refractivity contribution in [1.29, 1.82) is 0 Å². The number of benzene rings is 1. The Labute approximate surface area is 238 Å². The van der Waals surface area contributed by atoms with Crippen LogP contribution in [0.2, 0.25) is 0 Å². The lowest BCUT2D eigenvalue weighted by Crippen LogP contribution is -2.68. The molecule has 0 radical (unpaired) electrons. The van der Waals surface area contributed by atoms with Crippen LogP contribution in [0.25, 0.3) is 0 Å². The highest BCUT2D eigenvalue weighted by Gasteiger charge is 2.55. The molecule has 11 heteroatoms. The summed E-state index contributed by atoms with van der Waals surface area (Å²) in [7, 11) is 3.44. The molecule has 8 rings (SSSR count). The topological polar surface area (TPSA) is 103 Å². The molecule has 0 spiro atoms. The second-order valence-electron chi connectivity index (χ2n) is 11.8. The molecule has 3 aliphatic carbocycles. The maximum atomic E-state index is 14.0. The smallest absolute Gasteiger partial charge is 0.451 e. The molecule has 218 valence electrons. The van der Waals surface area contributed by atoms with Gasteiger partial charge in [0.25, 0.3) is 5.91 Å². The molecule has 3 aliphatic heterocycles. The molecule has 41 heavy (non-hydrogen) atoms. The van der Waals surface area contributed by atoms with E-state index in [1.165, 1.54) is 50.0 Å². The van der Waals surface area contributed by atoms with Crippen molar-refractivity contribution in [3.05, 3.63) is 63.6 Å². The lowest BCUT2D eigenvalue weighted by atomic mass is 9.58. The fraction of sp³-hybridized carbons (Fsp3) is 0.567. The Hall–Kier alpha value is -3.57. The van der Waals surface area contributed by atoms with E-state index in [1.54, 1.807) is 11.1 Å². The zero-order chi connectivity index (χ0) is 28.2. The zero-order valence-electron chi connectivity index (χ0n) is 23.4. The summed E-state index contributed by atoms with van der Waals surface area (Å²) in [6.45, 7) is 1.49. The average Bonchev–Trinajstić information content (AvgIpc) is 3.14. The van der Waals surface area contributed by atoms with Crippen molar-refractivity contribution >= 4 is 12.1 Å². The third kappa shape index (κ3) is 4.20. The minimum absolute atomic E-state index is 0.0584. The molecule has 4 atom stereocenters. The van der Waals surface area contributed by atoms with E-state index >= 15 is 0 Å². The van der Waals surface area contributed by atoms with E-state index in [0.29, 0.717) is 43.6 Å². The van der Waals surface area contributed by atoms with Crippen molar-refractivity contribution < 1.29 is 28.5 Å². The van der Waals surface area contributed by atoms with Crippen molar-refractivity contribution in [2.75, 3.05) is 45.7 Å². The van der Waals surface area contributed by atoms with Crippen LogP contribution in [0.5, 0.6) is 5.75 Å². The van der Waals surface area contributed by atoms with Crippen molar-refractivity contribution in [3.8, 4) is 5.75 Å². The molecule has 3 saturated carbocycles. The summed E-state index contributed by atoms with van der Waals surface area (Å²) in [5.74, 6) is 1.05. The van der Waals surface area contributed by atoms with Crippen LogP contribution in [-0.4, -0.2) is 79.5 Å². The summed E-state index contributed by atoms with van der Waals surface area (Å²) >= 11 is 0. The highest BCUT2D eigenvalue weighted by atomic mass is 16.8. The molecule has 0 unspecified atom stereocenters. The molecule has 1 aromatic heterocycles. The molecule has 0 N–H and O–H groups in total. The normalized spacial score (nSPS) is 30.4. The highest BCUT2D eigenvalue weighted by Crippen LogP contribution is 2.55. The van der Waals surface area contributed by atoms with Crippen molar-refractivity contribution in [1.82, 2.24) is 14.5 Å². The van der Waals surface area contributed by atoms with Gasteiger partial charge in [-0.15, -0.1) is 0 Å². The Morgan fingerprint density at radius 1 is 1.07 bits per heavy atom. The number of amides is 1. The Balaban J connectivity index is 1.41. The fourth-order valence-electron chi connectivity index (χ4n) is 8.31. The predicted octanol–water partition coefficient (Wildman–Crippen LogP) is 2.71. The molecule has 2 bridgehead atoms. The van der Waals surface area contributed by atoms with Crippen LogP contribution in [0.3, 0.4) is 0 Å². The highest BCUT2D eigenvalue weighted by molar-refractivity contribution is 5.96. The number of rotatable bonds is 4. The number of nitrogens with zero attached hydrogens (tertiary/aromatic N) is 4. The number of pyridine rings is 1. The SMILES string of the molecule is COC(=O)OCOc1c2n(ccc1=O)N([C@H]1c3ccccc3CN(C)[C@@H]3C4CCC(CC4)[C@H]31)[C@@H]1COCCN1C2=O. The van der Waals surface area contributed by atoms with E-state index in [1.807, 2.05) is 4.68 Å². The Morgan fingerprint density at radius 3 is 2.66 bits per heavy atom. The molecule has 1 saturated heterocycles. The monoisotopic (exact) mass is 564 g/mol. The maximum Gasteiger partial charge on any atom is 0.510 e. The number of methoxy groups -OCH3 is 1. The van der Waals surface area contributed by atoms with E-state index in [4.69, 9.17) is 14.2 Å². The first-order valence-electron chi connectivity index (χ1n) is 14.5. The van der Waals surface area contributed by atoms with Gasteiger partial charge in [0.05, 0.1) is 26.4 Å². The summed E-state index contributed by atoms with van der Waals surface area (Å²) in [6, 6.07) is 10.4. The Bertz CT molecular complexity index is 1400. The van der Waals surface area contributed by atoms with E-state index in [-0.39, 0.29) is 29.6 Å². The molecule has 2 aromatic rings. The van der Waals surface area contributed by atoms with Gasteiger partial charge in [0.15, 0.2) is 5.69 Å². The zero-order valence-corrected chi connectivity index (χ0v) is 23.4. The number of morpholine rings is 1. The van der Waals surface area contributed by atoms with Gasteiger partial charge in [-0.2, -0.15) is 0 Å². The van der Waals surface area contributed by atoms with Crippen LogP contribution in [0.15, 0.2) is 41.3 Å². The molecule has 4 fully saturated rings. The van der Waals surface area contributed by atoms with Gasteiger partial charge in [-0.3, -0.25) is 24.2 Å². The van der Waals surface area contributed by atoms with E-state index in [9.17, 15) is 14.4 Å². The second kappa shape index (κ2) is 10.4. The Kier molecular flexibility index (Phi) is 6.66. The molecule has 6 aliphatic rings. The van der Waals surface area contributed by atoms with Crippen LogP contribution in [0, 0.1) is 17.8 Å². The van der Waals surface area contributed by atoms with Crippen LogP contribution >= 0.6 is 0 Å². The quantitative estimate of drug-likeness (QED) is 0.410. The number of carbonyl (C=O) groups is 2. The van der Waals surface area contributed by atoms with Crippen LogP contribution in [-0.2, 0) is 20.8 Å². The number of hydrogen-bond acceptors (Lipinski definition) is 9. The van der Waals surface area contributed by atoms with Gasteiger partial charge in [0.1, 0.15) is 6.17 Å². The third-order valence-electron chi connectivity index (χ3n) is 9.89. The van der Waals surface area contributed by atoms with Crippen LogP contribution in [0.4, 0.5) is 4.79 Å². The standard InChI is InChI=1S/C30H36N4O7/c1-31-15-20-5-3-4-6-21(20)26(24-18-7-9-19(10-8-18)25(24)31)34-23-16-39-14-13-32(23)29(36)27-28(22(35)11-12-33(27)34)40-17-41-30(37)38-2/h3-6,11-12,18-19,23-26H,7-10,13-17H2,1-2H3/t18?,19?,23-,24-,25-,26+/m1/s1. The Morgan fingerprint density at radius 2 is 1.85 bits per heavy atom. The van der Waals surface area contributed by atoms with Crippen molar-refractivity contribution in [3.63, 3.8) is 0 Å². The summed E-state index contributed by atoms with van der Waals surface area (Å²) in [6.07, 6.45) is 5.29. The summed E-state index contributed by atoms with van der Waals surface area (Å²) in [5.41, 5.74) is 2.21. The minimum atomic E-state index is -0.936. The number of hydrogen-bond donors (Lipinski definition) is 0. The van der Waals surface area contributed by atoms with E-state index in [0.717, 1.165) is 6.54 Å². The van der Waals surface area contributed by atoms with E-state index in [2.05, 4.69) is 46.0 Å². The number of aromatic nitrogens is 1. The number of ether oxygens (including phenoxy) is 4. The van der Waals surface area contributed by atoms with Gasteiger partial charge in [0.2, 0.25) is 18.0 Å². The van der Waals surface area contributed by atoms with Gasteiger partial charge >= 0.3 is 6.16 Å². The summed E-state index contributed by atoms with van der Waals surface area (Å²) < 4.78 is 22.9. The van der Waals surface area contributed by atoms with Gasteiger partial charge < -0.3 is 23.8 Å². The number of carbonyl (C=O) groups excluding carboxylic acids is 2. The molecule has 1 amide bonds. The molecule has 11 nitrogen and oxygen atoms in total. The second-order valence-corrected chi connectivity index (χ2v) is 11.8. The number of fused-ring (bicyclic) bond motifs is 5. The van der Waals surface area contributed by atoms with Gasteiger partial charge in [-0.05, 0) is 55.7 Å². The summed E-state index contributed by atoms with van der Waals surface area (Å²) in [4.78, 5) is 43.1. The first kappa shape index (κ1) is 26.3. The molecular formula is C30H36N4O7. The van der Waals surface area contributed by atoms with E-state index < -0.39 is 18.4 Å². The maximum absolute atomic E-state index is 14.0. The predicted molar refractivity (Wildman–Crippen MR) is 147 cm³/mol. The van der Waals surface area contributed by atoms with Gasteiger partial charge in [-0.1, -0.05) is 24.3 Å². The average molecular weight is 565 g/mol. The van der Waals surface area contributed by atoms with Crippen LogP contribution < -0.4 is 15.2 Å². The third-order valence-corrected chi connectivity index (χ3v) is 9.89. The minimum Gasteiger partial charge on any atom is -0.451 e. The first-order chi connectivity index (χ1) is 20.0. The summed E-state index contributed by atoms with van der Waals surface area (Å²) in [5, 5.41) is 2.28. The van der Waals surface area contributed by atoms with Crippen molar-refractivity contribution in [2.24, 2.45) is 17.8 Å². The molecular weight excluding hydrogens is 528 g/mol. The lowest BCUT2D eigenvalue weighted by molar-refractivity contribution is -0.0513. The van der Waals surface area contributed by atoms with Gasteiger partial charge in [-0.25, -0.2) is 4.79 Å². The molecule has 4 heterocycles. The largest absolute Gasteiger partial charge is 0.510 e. The fourth-order valence-corrected chi connectivity index (χ4v) is 8.31.